The molecule has 2 aromatic heterocycles. The number of carbonyl (C=O) groups is 1. The molecule has 8 nitrogen and oxygen atoms in total. The molecule has 0 aliphatic heterocycles. The van der Waals surface area contributed by atoms with Gasteiger partial charge in [-0.1, -0.05) is 18.2 Å². The van der Waals surface area contributed by atoms with E-state index in [1.54, 1.807) is 14.0 Å². The summed E-state index contributed by atoms with van der Waals surface area (Å²) in [4.78, 5) is 21.2. The number of nitrogens with one attached hydrogen (secondary N) is 2. The molecule has 4 aromatic rings. The van der Waals surface area contributed by atoms with E-state index in [0.29, 0.717) is 29.0 Å². The molecule has 30 heavy (non-hydrogen) atoms. The van der Waals surface area contributed by atoms with Crippen molar-refractivity contribution >= 4 is 5.91 Å². The largest absolute Gasteiger partial charge is 0.497 e. The predicted octanol–water partition coefficient (Wildman–Crippen LogP) is 3.30. The fourth-order valence-electron chi connectivity index (χ4n) is 2.94. The van der Waals surface area contributed by atoms with Crippen LogP contribution in [-0.2, 0) is 17.8 Å². The smallest absolute Gasteiger partial charge is 0.226 e. The van der Waals surface area contributed by atoms with Gasteiger partial charge in [0.05, 0.1) is 25.8 Å². The SMILES string of the molecule is COc1ccc(-c2n[nH]c(CNC(=O)Cc3nc(-c4ccccc4)oc3C)n2)cc1. The molecule has 0 bridgehead atoms. The van der Waals surface area contributed by atoms with Gasteiger partial charge in [-0.2, -0.15) is 5.10 Å². The van der Waals surface area contributed by atoms with Crippen molar-refractivity contribution in [3.8, 4) is 28.6 Å². The van der Waals surface area contributed by atoms with Crippen molar-refractivity contribution in [1.82, 2.24) is 25.5 Å². The van der Waals surface area contributed by atoms with Gasteiger partial charge in [0.15, 0.2) is 5.82 Å². The number of hydrogen-bond donors (Lipinski definition) is 2. The predicted molar refractivity (Wildman–Crippen MR) is 111 cm³/mol. The number of aryl methyl sites for hydroxylation is 1. The van der Waals surface area contributed by atoms with Gasteiger partial charge in [-0.3, -0.25) is 9.89 Å². The molecule has 4 rings (SSSR count). The molecule has 0 spiro atoms. The zero-order chi connectivity index (χ0) is 20.9. The lowest BCUT2D eigenvalue weighted by Crippen LogP contribution is -2.25. The van der Waals surface area contributed by atoms with Gasteiger partial charge in [0, 0.05) is 11.1 Å². The Morgan fingerprint density at radius 3 is 2.57 bits per heavy atom. The van der Waals surface area contributed by atoms with Crippen molar-refractivity contribution in [3.63, 3.8) is 0 Å². The van der Waals surface area contributed by atoms with Crippen LogP contribution in [0.5, 0.6) is 5.75 Å². The molecule has 0 fully saturated rings. The van der Waals surface area contributed by atoms with Crippen molar-refractivity contribution in [2.75, 3.05) is 7.11 Å². The molecule has 0 aliphatic carbocycles. The van der Waals surface area contributed by atoms with Crippen LogP contribution >= 0.6 is 0 Å². The van der Waals surface area contributed by atoms with Gasteiger partial charge < -0.3 is 14.5 Å². The van der Waals surface area contributed by atoms with Crippen molar-refractivity contribution < 1.29 is 13.9 Å². The van der Waals surface area contributed by atoms with Crippen LogP contribution in [0.15, 0.2) is 59.0 Å². The van der Waals surface area contributed by atoms with Crippen LogP contribution in [0.1, 0.15) is 17.3 Å². The zero-order valence-electron chi connectivity index (χ0n) is 16.7. The van der Waals surface area contributed by atoms with Crippen LogP contribution in [0, 0.1) is 6.92 Å². The Balaban J connectivity index is 1.35. The second-order valence-corrected chi connectivity index (χ2v) is 6.68. The summed E-state index contributed by atoms with van der Waals surface area (Å²) in [6.45, 7) is 2.05. The maximum atomic E-state index is 12.4. The van der Waals surface area contributed by atoms with Crippen LogP contribution in [-0.4, -0.2) is 33.2 Å². The Morgan fingerprint density at radius 2 is 1.83 bits per heavy atom. The van der Waals surface area contributed by atoms with Gasteiger partial charge in [0.25, 0.3) is 0 Å². The summed E-state index contributed by atoms with van der Waals surface area (Å²) in [5.41, 5.74) is 2.35. The summed E-state index contributed by atoms with van der Waals surface area (Å²) in [5, 5.41) is 9.88. The van der Waals surface area contributed by atoms with E-state index in [0.717, 1.165) is 16.9 Å². The first-order valence-electron chi connectivity index (χ1n) is 9.46. The topological polar surface area (TPSA) is 106 Å². The molecule has 0 unspecified atom stereocenters. The highest BCUT2D eigenvalue weighted by Crippen LogP contribution is 2.22. The number of ether oxygens (including phenoxy) is 1. The van der Waals surface area contributed by atoms with Crippen molar-refractivity contribution in [3.05, 3.63) is 71.9 Å². The fourth-order valence-corrected chi connectivity index (χ4v) is 2.94. The Morgan fingerprint density at radius 1 is 1.07 bits per heavy atom. The number of hydrogen-bond acceptors (Lipinski definition) is 6. The van der Waals surface area contributed by atoms with Gasteiger partial charge in [-0.15, -0.1) is 0 Å². The number of amides is 1. The van der Waals surface area contributed by atoms with Crippen molar-refractivity contribution in [1.29, 1.82) is 0 Å². The first-order chi connectivity index (χ1) is 14.6. The molecular weight excluding hydrogens is 382 g/mol. The van der Waals surface area contributed by atoms with E-state index >= 15 is 0 Å². The Labute approximate surface area is 173 Å². The third-order valence-electron chi connectivity index (χ3n) is 4.57. The number of rotatable bonds is 7. The minimum absolute atomic E-state index is 0.127. The highest BCUT2D eigenvalue weighted by atomic mass is 16.5. The molecule has 152 valence electrons. The van der Waals surface area contributed by atoms with Gasteiger partial charge in [-0.05, 0) is 43.3 Å². The summed E-state index contributed by atoms with van der Waals surface area (Å²) in [6, 6.07) is 17.0. The number of benzene rings is 2. The number of aromatic amines is 1. The maximum absolute atomic E-state index is 12.4. The average Bonchev–Trinajstić information content (AvgIpc) is 3.40. The summed E-state index contributed by atoms with van der Waals surface area (Å²) in [5.74, 6) is 2.85. The van der Waals surface area contributed by atoms with E-state index in [1.165, 1.54) is 0 Å². The number of aromatic nitrogens is 4. The molecule has 2 N–H and O–H groups in total. The summed E-state index contributed by atoms with van der Waals surface area (Å²) < 4.78 is 10.9. The summed E-state index contributed by atoms with van der Waals surface area (Å²) in [7, 11) is 1.62. The second-order valence-electron chi connectivity index (χ2n) is 6.68. The standard InChI is InChI=1S/C22H21N5O3/c1-14-18(24-22(30-14)16-6-4-3-5-7-16)12-20(28)23-13-19-25-21(27-26-19)15-8-10-17(29-2)11-9-15/h3-11H,12-13H2,1-2H3,(H,23,28)(H,25,26,27). The Kier molecular flexibility index (Phi) is 5.56. The molecule has 1 amide bonds. The molecule has 8 heteroatoms. The maximum Gasteiger partial charge on any atom is 0.226 e. The van der Waals surface area contributed by atoms with E-state index in [4.69, 9.17) is 9.15 Å². The van der Waals surface area contributed by atoms with Gasteiger partial charge in [0.1, 0.15) is 17.3 Å². The lowest BCUT2D eigenvalue weighted by Gasteiger charge is -2.01. The Hall–Kier alpha value is -3.94. The van der Waals surface area contributed by atoms with E-state index in [1.807, 2.05) is 54.6 Å². The molecule has 0 aliphatic rings. The minimum Gasteiger partial charge on any atom is -0.497 e. The van der Waals surface area contributed by atoms with E-state index < -0.39 is 0 Å². The van der Waals surface area contributed by atoms with Crippen LogP contribution < -0.4 is 10.1 Å². The number of oxazole rings is 1. The average molecular weight is 403 g/mol. The van der Waals surface area contributed by atoms with Crippen molar-refractivity contribution in [2.24, 2.45) is 0 Å². The lowest BCUT2D eigenvalue weighted by atomic mass is 10.2. The monoisotopic (exact) mass is 403 g/mol. The fraction of sp³-hybridized carbons (Fsp3) is 0.182. The zero-order valence-corrected chi connectivity index (χ0v) is 16.7. The van der Waals surface area contributed by atoms with Crippen LogP contribution in [0.4, 0.5) is 0 Å². The number of H-pyrrole nitrogens is 1. The summed E-state index contributed by atoms with van der Waals surface area (Å²) in [6.07, 6.45) is 0.127. The van der Waals surface area contributed by atoms with E-state index in [2.05, 4.69) is 25.5 Å². The Bertz CT molecular complexity index is 1130. The first kappa shape index (κ1) is 19.4. The summed E-state index contributed by atoms with van der Waals surface area (Å²) >= 11 is 0. The van der Waals surface area contributed by atoms with Gasteiger partial charge >= 0.3 is 0 Å². The quantitative estimate of drug-likeness (QED) is 0.490. The molecule has 0 saturated heterocycles. The van der Waals surface area contributed by atoms with E-state index in [9.17, 15) is 4.79 Å². The van der Waals surface area contributed by atoms with Crippen molar-refractivity contribution in [2.45, 2.75) is 19.9 Å². The first-order valence-corrected chi connectivity index (χ1v) is 9.46. The van der Waals surface area contributed by atoms with Crippen LogP contribution in [0.25, 0.3) is 22.8 Å². The highest BCUT2D eigenvalue weighted by molar-refractivity contribution is 5.78. The van der Waals surface area contributed by atoms with E-state index in [-0.39, 0.29) is 18.9 Å². The molecule has 0 saturated carbocycles. The van der Waals surface area contributed by atoms with Gasteiger partial charge in [-0.25, -0.2) is 9.97 Å². The number of methoxy groups -OCH3 is 1. The lowest BCUT2D eigenvalue weighted by molar-refractivity contribution is -0.120. The molecule has 0 atom stereocenters. The van der Waals surface area contributed by atoms with Crippen LogP contribution in [0.3, 0.4) is 0 Å². The van der Waals surface area contributed by atoms with Crippen LogP contribution in [0.2, 0.25) is 0 Å². The molecule has 0 radical (unpaired) electrons. The number of carbonyl (C=O) groups excluding carboxylic acids is 1. The molecule has 2 aromatic carbocycles. The third kappa shape index (κ3) is 4.38. The third-order valence-corrected chi connectivity index (χ3v) is 4.57. The second kappa shape index (κ2) is 8.60. The highest BCUT2D eigenvalue weighted by Gasteiger charge is 2.15. The normalized spacial score (nSPS) is 10.7. The minimum atomic E-state index is -0.173. The molecular formula is C22H21N5O3. The molecule has 2 heterocycles. The van der Waals surface area contributed by atoms with Gasteiger partial charge in [0.2, 0.25) is 11.8 Å². The number of nitrogens with zero attached hydrogens (tertiary/aromatic N) is 3.